The summed E-state index contributed by atoms with van der Waals surface area (Å²) in [7, 11) is 0. The van der Waals surface area contributed by atoms with E-state index in [2.05, 4.69) is 0 Å². The van der Waals surface area contributed by atoms with Crippen LogP contribution in [0.1, 0.15) is 11.6 Å². The minimum Gasteiger partial charge on any atom is -0.271 e. The van der Waals surface area contributed by atoms with Gasteiger partial charge in [0, 0.05) is 0 Å². The highest BCUT2D eigenvalue weighted by Gasteiger charge is 2.21. The van der Waals surface area contributed by atoms with Crippen molar-refractivity contribution in [2.45, 2.75) is 12.5 Å². The first kappa shape index (κ1) is 10.9. The van der Waals surface area contributed by atoms with Crippen LogP contribution in [-0.2, 0) is 0 Å². The van der Waals surface area contributed by atoms with Crippen LogP contribution in [0.3, 0.4) is 0 Å². The summed E-state index contributed by atoms with van der Waals surface area (Å²) in [6.07, 6.45) is -2.79. The van der Waals surface area contributed by atoms with Crippen LogP contribution in [0.4, 0.5) is 17.6 Å². The van der Waals surface area contributed by atoms with Crippen molar-refractivity contribution in [2.24, 2.45) is 5.84 Å². The lowest BCUT2D eigenvalue weighted by molar-refractivity contribution is 0.0984. The Balaban J connectivity index is 3.00. The first-order valence-electron chi connectivity index (χ1n) is 3.75. The summed E-state index contributed by atoms with van der Waals surface area (Å²) < 4.78 is 49.6. The molecule has 1 rings (SSSR count). The summed E-state index contributed by atoms with van der Waals surface area (Å²) in [5, 5.41) is 0. The zero-order chi connectivity index (χ0) is 10.7. The van der Waals surface area contributed by atoms with E-state index in [1.807, 2.05) is 5.43 Å². The predicted molar refractivity (Wildman–Crippen MR) is 42.4 cm³/mol. The number of rotatable bonds is 3. The van der Waals surface area contributed by atoms with Gasteiger partial charge < -0.3 is 0 Å². The van der Waals surface area contributed by atoms with Crippen molar-refractivity contribution < 1.29 is 17.6 Å². The lowest BCUT2D eigenvalue weighted by Crippen LogP contribution is -2.33. The Bertz CT molecular complexity index is 316. The van der Waals surface area contributed by atoms with Gasteiger partial charge in [-0.05, 0) is 17.7 Å². The van der Waals surface area contributed by atoms with E-state index in [0.29, 0.717) is 6.07 Å². The molecule has 6 heteroatoms. The average molecular weight is 208 g/mol. The second kappa shape index (κ2) is 4.39. The average Bonchev–Trinajstić information content (AvgIpc) is 2.11. The predicted octanol–water partition coefficient (Wildman–Crippen LogP) is 1.73. The van der Waals surface area contributed by atoms with Crippen LogP contribution in [-0.4, -0.2) is 6.43 Å². The number of benzene rings is 1. The summed E-state index contributed by atoms with van der Waals surface area (Å²) >= 11 is 0. The monoisotopic (exact) mass is 208 g/mol. The third-order valence-corrected chi connectivity index (χ3v) is 1.73. The highest BCUT2D eigenvalue weighted by atomic mass is 19.3. The minimum absolute atomic E-state index is 0.0959. The normalized spacial score (nSPS) is 13.3. The molecule has 2 nitrogen and oxygen atoms in total. The van der Waals surface area contributed by atoms with E-state index in [1.54, 1.807) is 0 Å². The number of hydrogen-bond acceptors (Lipinski definition) is 2. The molecule has 0 aliphatic rings. The molecule has 0 bridgehead atoms. The highest BCUT2D eigenvalue weighted by Crippen LogP contribution is 2.21. The largest absolute Gasteiger partial charge is 0.271 e. The molecule has 0 saturated heterocycles. The quantitative estimate of drug-likeness (QED) is 0.451. The van der Waals surface area contributed by atoms with Gasteiger partial charge >= 0.3 is 0 Å². The molecular weight excluding hydrogens is 200 g/mol. The first-order valence-corrected chi connectivity index (χ1v) is 3.75. The topological polar surface area (TPSA) is 38.0 Å². The van der Waals surface area contributed by atoms with Crippen molar-refractivity contribution in [1.29, 1.82) is 0 Å². The smallest absolute Gasteiger partial charge is 0.259 e. The third-order valence-electron chi connectivity index (χ3n) is 1.73. The Morgan fingerprint density at radius 1 is 1.14 bits per heavy atom. The van der Waals surface area contributed by atoms with Crippen molar-refractivity contribution in [3.05, 3.63) is 35.4 Å². The Kier molecular flexibility index (Phi) is 3.43. The maximum atomic E-state index is 12.7. The molecule has 0 saturated carbocycles. The SMILES string of the molecule is NNC(c1ccc(F)c(F)c1)C(F)F. The van der Waals surface area contributed by atoms with E-state index in [1.165, 1.54) is 0 Å². The van der Waals surface area contributed by atoms with E-state index < -0.39 is 24.1 Å². The van der Waals surface area contributed by atoms with Crippen molar-refractivity contribution in [1.82, 2.24) is 5.43 Å². The number of nitrogens with one attached hydrogen (secondary N) is 1. The van der Waals surface area contributed by atoms with E-state index in [0.717, 1.165) is 12.1 Å². The van der Waals surface area contributed by atoms with Crippen molar-refractivity contribution in [2.75, 3.05) is 0 Å². The standard InChI is InChI=1S/C8H8F4N2/c9-5-2-1-4(3-6(5)10)7(14-13)8(11)12/h1-3,7-8,14H,13H2. The third kappa shape index (κ3) is 2.21. The van der Waals surface area contributed by atoms with Gasteiger partial charge in [0.15, 0.2) is 11.6 Å². The lowest BCUT2D eigenvalue weighted by Gasteiger charge is -2.14. The van der Waals surface area contributed by atoms with Crippen molar-refractivity contribution >= 4 is 0 Å². The van der Waals surface area contributed by atoms with Crippen LogP contribution in [0.15, 0.2) is 18.2 Å². The Morgan fingerprint density at radius 3 is 2.21 bits per heavy atom. The Morgan fingerprint density at radius 2 is 1.79 bits per heavy atom. The van der Waals surface area contributed by atoms with Crippen LogP contribution in [0.2, 0.25) is 0 Å². The summed E-state index contributed by atoms with van der Waals surface area (Å²) in [5.41, 5.74) is 1.73. The Labute approximate surface area is 77.7 Å². The van der Waals surface area contributed by atoms with E-state index >= 15 is 0 Å². The molecule has 3 N–H and O–H groups in total. The van der Waals surface area contributed by atoms with E-state index in [-0.39, 0.29) is 5.56 Å². The zero-order valence-electron chi connectivity index (χ0n) is 6.98. The summed E-state index contributed by atoms with van der Waals surface area (Å²) in [4.78, 5) is 0. The van der Waals surface area contributed by atoms with Gasteiger partial charge in [-0.2, -0.15) is 0 Å². The van der Waals surface area contributed by atoms with Crippen LogP contribution in [0.5, 0.6) is 0 Å². The number of hydrazine groups is 1. The van der Waals surface area contributed by atoms with Gasteiger partial charge in [0.2, 0.25) is 0 Å². The fourth-order valence-electron chi connectivity index (χ4n) is 1.02. The number of hydrogen-bond donors (Lipinski definition) is 2. The van der Waals surface area contributed by atoms with Gasteiger partial charge in [-0.1, -0.05) is 6.07 Å². The number of halogens is 4. The molecule has 0 amide bonds. The molecule has 0 spiro atoms. The maximum absolute atomic E-state index is 12.7. The molecule has 1 atom stereocenters. The molecule has 1 aromatic carbocycles. The second-order valence-electron chi connectivity index (χ2n) is 2.65. The summed E-state index contributed by atoms with van der Waals surface area (Å²) in [6.45, 7) is 0. The van der Waals surface area contributed by atoms with Crippen LogP contribution in [0, 0.1) is 11.6 Å². The molecule has 78 valence electrons. The van der Waals surface area contributed by atoms with Gasteiger partial charge in [-0.25, -0.2) is 23.0 Å². The molecule has 0 aliphatic heterocycles. The fraction of sp³-hybridized carbons (Fsp3) is 0.250. The molecule has 1 unspecified atom stereocenters. The molecule has 0 aliphatic carbocycles. The van der Waals surface area contributed by atoms with Crippen LogP contribution >= 0.6 is 0 Å². The van der Waals surface area contributed by atoms with Crippen LogP contribution < -0.4 is 11.3 Å². The summed E-state index contributed by atoms with van der Waals surface area (Å²) in [6, 6.07) is 1.02. The summed E-state index contributed by atoms with van der Waals surface area (Å²) in [5.74, 6) is 2.59. The fourth-order valence-corrected chi connectivity index (χ4v) is 1.02. The minimum atomic E-state index is -2.79. The lowest BCUT2D eigenvalue weighted by atomic mass is 10.1. The molecule has 0 fully saturated rings. The van der Waals surface area contributed by atoms with Gasteiger partial charge in [0.1, 0.15) is 6.04 Å². The Hall–Kier alpha value is -1.14. The molecule has 0 radical (unpaired) electrons. The van der Waals surface area contributed by atoms with E-state index in [4.69, 9.17) is 5.84 Å². The number of nitrogens with two attached hydrogens (primary N) is 1. The van der Waals surface area contributed by atoms with Gasteiger partial charge in [0.05, 0.1) is 0 Å². The van der Waals surface area contributed by atoms with Crippen molar-refractivity contribution in [3.8, 4) is 0 Å². The van der Waals surface area contributed by atoms with Crippen molar-refractivity contribution in [3.63, 3.8) is 0 Å². The molecular formula is C8H8F4N2. The maximum Gasteiger partial charge on any atom is 0.259 e. The molecule has 0 aromatic heterocycles. The number of alkyl halides is 2. The highest BCUT2D eigenvalue weighted by molar-refractivity contribution is 5.21. The van der Waals surface area contributed by atoms with Gasteiger partial charge in [-0.3, -0.25) is 5.84 Å². The van der Waals surface area contributed by atoms with Gasteiger partial charge in [0.25, 0.3) is 6.43 Å². The zero-order valence-corrected chi connectivity index (χ0v) is 6.98. The molecule has 0 heterocycles. The molecule has 1 aromatic rings. The molecule has 14 heavy (non-hydrogen) atoms. The first-order chi connectivity index (χ1) is 6.56. The van der Waals surface area contributed by atoms with Crippen LogP contribution in [0.25, 0.3) is 0 Å². The van der Waals surface area contributed by atoms with E-state index in [9.17, 15) is 17.6 Å². The van der Waals surface area contributed by atoms with Gasteiger partial charge in [-0.15, -0.1) is 0 Å². The second-order valence-corrected chi connectivity index (χ2v) is 2.65.